The van der Waals surface area contributed by atoms with Crippen molar-refractivity contribution >= 4 is 34.2 Å². The smallest absolute Gasteiger partial charge is 0.260 e. The molecular weight excluding hydrogens is 334 g/mol. The van der Waals surface area contributed by atoms with Crippen molar-refractivity contribution in [2.45, 2.75) is 25.3 Å². The second-order valence-electron chi connectivity index (χ2n) is 7.42. The lowest BCUT2D eigenvalue weighted by Crippen LogP contribution is -2.46. The molecule has 2 aliphatic heterocycles. The van der Waals surface area contributed by atoms with Gasteiger partial charge in [0.25, 0.3) is 5.56 Å². The van der Waals surface area contributed by atoms with E-state index >= 15 is 0 Å². The van der Waals surface area contributed by atoms with Gasteiger partial charge in [0, 0.05) is 43.3 Å². The molecule has 0 N–H and O–H groups in total. The SMILES string of the molecule is Cl.Cn1c2ccccc2c2c(=O)n(C3CCN4CCCC3C4)ccc21. The van der Waals surface area contributed by atoms with Gasteiger partial charge >= 0.3 is 0 Å². The summed E-state index contributed by atoms with van der Waals surface area (Å²) in [4.78, 5) is 15.9. The van der Waals surface area contributed by atoms with Crippen molar-refractivity contribution in [3.63, 3.8) is 0 Å². The number of benzene rings is 1. The van der Waals surface area contributed by atoms with Crippen LogP contribution in [-0.4, -0.2) is 33.7 Å². The Labute approximate surface area is 153 Å². The maximum atomic E-state index is 13.4. The zero-order valence-electron chi connectivity index (χ0n) is 14.5. The fourth-order valence-corrected chi connectivity index (χ4v) is 4.97. The fourth-order valence-electron chi connectivity index (χ4n) is 4.97. The van der Waals surface area contributed by atoms with Gasteiger partial charge in [-0.1, -0.05) is 18.2 Å². The molecule has 2 aromatic heterocycles. The molecule has 2 aliphatic rings. The second-order valence-corrected chi connectivity index (χ2v) is 7.42. The summed E-state index contributed by atoms with van der Waals surface area (Å²) in [5.41, 5.74) is 2.36. The van der Waals surface area contributed by atoms with Crippen LogP contribution in [0.4, 0.5) is 0 Å². The highest BCUT2D eigenvalue weighted by molar-refractivity contribution is 6.07. The number of hydrogen-bond donors (Lipinski definition) is 0. The van der Waals surface area contributed by atoms with E-state index in [1.54, 1.807) is 0 Å². The topological polar surface area (TPSA) is 30.2 Å². The van der Waals surface area contributed by atoms with Crippen molar-refractivity contribution < 1.29 is 0 Å². The first kappa shape index (κ1) is 16.7. The predicted octanol–water partition coefficient (Wildman–Crippen LogP) is 3.57. The molecule has 0 amide bonds. The van der Waals surface area contributed by atoms with Gasteiger partial charge in [-0.3, -0.25) is 4.79 Å². The number of rotatable bonds is 1. The molecule has 2 fully saturated rings. The summed E-state index contributed by atoms with van der Waals surface area (Å²) in [6, 6.07) is 10.7. The van der Waals surface area contributed by atoms with Crippen LogP contribution in [0, 0.1) is 5.92 Å². The monoisotopic (exact) mass is 357 g/mol. The maximum absolute atomic E-state index is 13.4. The van der Waals surface area contributed by atoms with Gasteiger partial charge in [-0.15, -0.1) is 12.4 Å². The van der Waals surface area contributed by atoms with Crippen LogP contribution in [0.3, 0.4) is 0 Å². The van der Waals surface area contributed by atoms with Crippen LogP contribution >= 0.6 is 12.4 Å². The molecule has 4 nitrogen and oxygen atoms in total. The average Bonchev–Trinajstić information content (AvgIpc) is 2.90. The number of aromatic nitrogens is 2. The summed E-state index contributed by atoms with van der Waals surface area (Å²) in [7, 11) is 2.05. The Morgan fingerprint density at radius 2 is 1.88 bits per heavy atom. The van der Waals surface area contributed by atoms with E-state index < -0.39 is 0 Å². The molecule has 0 spiro atoms. The summed E-state index contributed by atoms with van der Waals surface area (Å²) in [5, 5.41) is 1.96. The van der Waals surface area contributed by atoms with Crippen LogP contribution < -0.4 is 5.56 Å². The lowest BCUT2D eigenvalue weighted by atomic mass is 9.84. The van der Waals surface area contributed by atoms with Gasteiger partial charge in [0.1, 0.15) is 0 Å². The summed E-state index contributed by atoms with van der Waals surface area (Å²) in [6.45, 7) is 3.52. The standard InChI is InChI=1S/C20H23N3O.ClH/c1-21-17-7-3-2-6-15(17)19-18(21)9-12-23(20(19)24)16-8-11-22-10-4-5-14(16)13-22;/h2-3,6-7,9,12,14,16H,4-5,8,10-11,13H2,1H3;1H. The van der Waals surface area contributed by atoms with E-state index in [4.69, 9.17) is 0 Å². The van der Waals surface area contributed by atoms with Crippen LogP contribution in [0.25, 0.3) is 21.8 Å². The minimum Gasteiger partial charge on any atom is -0.343 e. The molecular formula is C20H24ClN3O. The Hall–Kier alpha value is -1.78. The third-order valence-corrected chi connectivity index (χ3v) is 6.18. The van der Waals surface area contributed by atoms with Gasteiger partial charge in [-0.25, -0.2) is 0 Å². The zero-order chi connectivity index (χ0) is 16.3. The largest absolute Gasteiger partial charge is 0.343 e. The van der Waals surface area contributed by atoms with Crippen molar-refractivity contribution in [3.8, 4) is 0 Å². The van der Waals surface area contributed by atoms with Crippen LogP contribution in [0.1, 0.15) is 25.3 Å². The van der Waals surface area contributed by atoms with Crippen LogP contribution in [-0.2, 0) is 7.05 Å². The van der Waals surface area contributed by atoms with E-state index in [-0.39, 0.29) is 18.0 Å². The van der Waals surface area contributed by atoms with Gasteiger partial charge in [-0.05, 0) is 43.9 Å². The fraction of sp³-hybridized carbons (Fsp3) is 0.450. The Kier molecular flexibility index (Phi) is 4.13. The number of fused-ring (bicyclic) bond motifs is 5. The van der Waals surface area contributed by atoms with Gasteiger partial charge in [0.05, 0.1) is 10.9 Å². The zero-order valence-corrected chi connectivity index (χ0v) is 15.3. The first-order valence-electron chi connectivity index (χ1n) is 9.04. The summed E-state index contributed by atoms with van der Waals surface area (Å²) < 4.78 is 4.18. The number of para-hydroxylation sites is 1. The number of pyridine rings is 1. The Balaban J connectivity index is 0.00000157. The highest BCUT2D eigenvalue weighted by Crippen LogP contribution is 2.35. The average molecular weight is 358 g/mol. The number of hydrogen-bond acceptors (Lipinski definition) is 2. The van der Waals surface area contributed by atoms with Crippen molar-refractivity contribution in [1.82, 2.24) is 14.0 Å². The van der Waals surface area contributed by atoms with Crippen molar-refractivity contribution in [2.75, 3.05) is 19.6 Å². The molecule has 5 rings (SSSR count). The summed E-state index contributed by atoms with van der Waals surface area (Å²) in [5.74, 6) is 0.623. The minimum absolute atomic E-state index is 0. The first-order valence-corrected chi connectivity index (χ1v) is 9.04. The van der Waals surface area contributed by atoms with E-state index in [0.717, 1.165) is 41.3 Å². The van der Waals surface area contributed by atoms with Crippen LogP contribution in [0.15, 0.2) is 41.3 Å². The van der Waals surface area contributed by atoms with Gasteiger partial charge < -0.3 is 14.0 Å². The maximum Gasteiger partial charge on any atom is 0.260 e. The highest BCUT2D eigenvalue weighted by atomic mass is 35.5. The van der Waals surface area contributed by atoms with Crippen LogP contribution in [0.5, 0.6) is 0 Å². The van der Waals surface area contributed by atoms with E-state index in [1.807, 2.05) is 29.9 Å². The normalized spacial score (nSPS) is 25.9. The third-order valence-electron chi connectivity index (χ3n) is 6.18. The van der Waals surface area contributed by atoms with Gasteiger partial charge in [0.15, 0.2) is 0 Å². The Bertz CT molecular complexity index is 990. The van der Waals surface area contributed by atoms with Crippen LogP contribution in [0.2, 0.25) is 0 Å². The van der Waals surface area contributed by atoms with Crippen molar-refractivity contribution in [3.05, 3.63) is 46.9 Å². The van der Waals surface area contributed by atoms with E-state index in [9.17, 15) is 4.79 Å². The minimum atomic E-state index is 0. The molecule has 2 bridgehead atoms. The summed E-state index contributed by atoms with van der Waals surface area (Å²) >= 11 is 0. The summed E-state index contributed by atoms with van der Waals surface area (Å²) in [6.07, 6.45) is 5.66. The molecule has 2 saturated heterocycles. The molecule has 1 aromatic carbocycles. The molecule has 3 aromatic rings. The molecule has 5 heteroatoms. The van der Waals surface area contributed by atoms with E-state index in [0.29, 0.717) is 12.0 Å². The first-order chi connectivity index (χ1) is 11.7. The molecule has 3 unspecified atom stereocenters. The van der Waals surface area contributed by atoms with E-state index in [1.165, 1.54) is 19.4 Å². The Morgan fingerprint density at radius 1 is 1.04 bits per heavy atom. The molecule has 0 aliphatic carbocycles. The van der Waals surface area contributed by atoms with Gasteiger partial charge in [-0.2, -0.15) is 0 Å². The lowest BCUT2D eigenvalue weighted by Gasteiger charge is -2.43. The number of nitrogens with zero attached hydrogens (tertiary/aromatic N) is 3. The number of aryl methyl sites for hydroxylation is 1. The number of piperidine rings is 2. The Morgan fingerprint density at radius 3 is 2.76 bits per heavy atom. The molecule has 0 saturated carbocycles. The van der Waals surface area contributed by atoms with Crippen molar-refractivity contribution in [1.29, 1.82) is 0 Å². The van der Waals surface area contributed by atoms with Crippen molar-refractivity contribution in [2.24, 2.45) is 13.0 Å². The lowest BCUT2D eigenvalue weighted by molar-refractivity contribution is 0.0775. The van der Waals surface area contributed by atoms with Gasteiger partial charge in [0.2, 0.25) is 0 Å². The quantitative estimate of drug-likeness (QED) is 0.666. The highest BCUT2D eigenvalue weighted by Gasteiger charge is 2.33. The molecule has 4 heterocycles. The third kappa shape index (κ3) is 2.42. The molecule has 0 radical (unpaired) electrons. The molecule has 132 valence electrons. The molecule has 3 atom stereocenters. The number of halogens is 1. The second kappa shape index (κ2) is 6.19. The molecule has 25 heavy (non-hydrogen) atoms. The predicted molar refractivity (Wildman–Crippen MR) is 105 cm³/mol. The van der Waals surface area contributed by atoms with E-state index in [2.05, 4.69) is 27.7 Å².